The van der Waals surface area contributed by atoms with Gasteiger partial charge in [0.1, 0.15) is 5.82 Å². The number of amides is 2. The van der Waals surface area contributed by atoms with Gasteiger partial charge >= 0.3 is 0 Å². The van der Waals surface area contributed by atoms with E-state index in [9.17, 15) is 14.0 Å². The predicted molar refractivity (Wildman–Crippen MR) is 61.6 cm³/mol. The molecule has 0 aliphatic carbocycles. The number of hydrogen-bond acceptors (Lipinski definition) is 3. The number of nitrogens with two attached hydrogens (primary N) is 2. The fraction of sp³-hybridized carbons (Fsp3) is 0.273. The Balaban J connectivity index is 2.49. The molecule has 2 amide bonds. The largest absolute Gasteiger partial charge is 0.399 e. The molecule has 5 N–H and O–H groups in total. The van der Waals surface area contributed by atoms with Crippen molar-refractivity contribution in [3.05, 3.63) is 29.6 Å². The van der Waals surface area contributed by atoms with Crippen molar-refractivity contribution in [2.24, 2.45) is 5.73 Å². The number of carbonyl (C=O) groups is 2. The van der Waals surface area contributed by atoms with Crippen LogP contribution in [0.5, 0.6) is 0 Å². The summed E-state index contributed by atoms with van der Waals surface area (Å²) in [5.41, 5.74) is 10.7. The highest BCUT2D eigenvalue weighted by molar-refractivity contribution is 5.95. The third-order valence-electron chi connectivity index (χ3n) is 2.07. The predicted octanol–water partition coefficient (Wildman–Crippen LogP) is 0.403. The van der Waals surface area contributed by atoms with Crippen molar-refractivity contribution in [1.82, 2.24) is 5.32 Å². The lowest BCUT2D eigenvalue weighted by atomic mass is 10.2. The van der Waals surface area contributed by atoms with Gasteiger partial charge in [-0.15, -0.1) is 0 Å². The Labute approximate surface area is 98.0 Å². The van der Waals surface area contributed by atoms with Gasteiger partial charge in [0.2, 0.25) is 5.91 Å². The van der Waals surface area contributed by atoms with Gasteiger partial charge in [0, 0.05) is 24.2 Å². The average molecular weight is 239 g/mol. The van der Waals surface area contributed by atoms with E-state index in [1.54, 1.807) is 0 Å². The third kappa shape index (κ3) is 4.50. The molecule has 6 heteroatoms. The number of rotatable bonds is 5. The summed E-state index contributed by atoms with van der Waals surface area (Å²) in [4.78, 5) is 22.0. The second-order valence-corrected chi connectivity index (χ2v) is 3.60. The molecule has 1 aromatic rings. The summed E-state index contributed by atoms with van der Waals surface area (Å²) < 4.78 is 13.0. The fourth-order valence-electron chi connectivity index (χ4n) is 1.31. The van der Waals surface area contributed by atoms with Crippen molar-refractivity contribution in [3.8, 4) is 0 Å². The lowest BCUT2D eigenvalue weighted by Gasteiger charge is -2.05. The molecule has 0 aliphatic heterocycles. The average Bonchev–Trinajstić information content (AvgIpc) is 2.22. The van der Waals surface area contributed by atoms with Gasteiger partial charge in [0.05, 0.1) is 0 Å². The molecule has 0 saturated carbocycles. The van der Waals surface area contributed by atoms with E-state index < -0.39 is 17.6 Å². The van der Waals surface area contributed by atoms with Crippen LogP contribution in [0, 0.1) is 5.82 Å². The first-order valence-corrected chi connectivity index (χ1v) is 5.11. The van der Waals surface area contributed by atoms with E-state index in [0.717, 1.165) is 12.1 Å². The molecule has 5 nitrogen and oxygen atoms in total. The van der Waals surface area contributed by atoms with E-state index in [-0.39, 0.29) is 17.7 Å². The maximum absolute atomic E-state index is 13.0. The Morgan fingerprint density at radius 1 is 1.29 bits per heavy atom. The number of benzene rings is 1. The van der Waals surface area contributed by atoms with Gasteiger partial charge in [0.25, 0.3) is 5.91 Å². The first-order valence-electron chi connectivity index (χ1n) is 5.11. The standard InChI is InChI=1S/C11H14FN3O2/c12-8-4-7(5-9(13)6-8)11(17)15-3-1-2-10(14)16/h4-6H,1-3,13H2,(H2,14,16)(H,15,17). The van der Waals surface area contributed by atoms with E-state index in [1.165, 1.54) is 6.07 Å². The van der Waals surface area contributed by atoms with Crippen molar-refractivity contribution < 1.29 is 14.0 Å². The summed E-state index contributed by atoms with van der Waals surface area (Å²) in [6.45, 7) is 0.304. The number of nitrogen functional groups attached to an aromatic ring is 1. The molecule has 0 saturated heterocycles. The zero-order chi connectivity index (χ0) is 12.8. The monoisotopic (exact) mass is 239 g/mol. The number of nitrogens with one attached hydrogen (secondary N) is 1. The fourth-order valence-corrected chi connectivity index (χ4v) is 1.31. The quantitative estimate of drug-likeness (QED) is 0.512. The van der Waals surface area contributed by atoms with Crippen molar-refractivity contribution in [2.45, 2.75) is 12.8 Å². The van der Waals surface area contributed by atoms with Crippen LogP contribution in [0.1, 0.15) is 23.2 Å². The maximum atomic E-state index is 13.0. The van der Waals surface area contributed by atoms with Gasteiger partial charge in [-0.2, -0.15) is 0 Å². The summed E-state index contributed by atoms with van der Waals surface area (Å²) in [6.07, 6.45) is 0.650. The first kappa shape index (κ1) is 13.0. The minimum atomic E-state index is -0.563. The minimum absolute atomic E-state index is 0.154. The zero-order valence-electron chi connectivity index (χ0n) is 9.20. The molecule has 0 aromatic heterocycles. The molecule has 1 aromatic carbocycles. The van der Waals surface area contributed by atoms with Gasteiger partial charge in [-0.25, -0.2) is 4.39 Å². The van der Waals surface area contributed by atoms with Gasteiger partial charge in [-0.3, -0.25) is 9.59 Å². The topological polar surface area (TPSA) is 98.2 Å². The molecule has 0 heterocycles. The van der Waals surface area contributed by atoms with E-state index in [0.29, 0.717) is 13.0 Å². The number of anilines is 1. The highest BCUT2D eigenvalue weighted by atomic mass is 19.1. The van der Waals surface area contributed by atoms with Crippen LogP contribution in [-0.4, -0.2) is 18.4 Å². The zero-order valence-corrected chi connectivity index (χ0v) is 9.20. The number of carbonyl (C=O) groups excluding carboxylic acids is 2. The highest BCUT2D eigenvalue weighted by Crippen LogP contribution is 2.10. The van der Waals surface area contributed by atoms with Crippen LogP contribution in [0.15, 0.2) is 18.2 Å². The number of halogens is 1. The third-order valence-corrected chi connectivity index (χ3v) is 2.07. The van der Waals surface area contributed by atoms with Crippen molar-refractivity contribution >= 4 is 17.5 Å². The Hall–Kier alpha value is -2.11. The van der Waals surface area contributed by atoms with Crippen LogP contribution in [0.3, 0.4) is 0 Å². The van der Waals surface area contributed by atoms with E-state index >= 15 is 0 Å². The summed E-state index contributed by atoms with van der Waals surface area (Å²) in [6, 6.07) is 3.61. The Morgan fingerprint density at radius 3 is 2.59 bits per heavy atom. The highest BCUT2D eigenvalue weighted by Gasteiger charge is 2.07. The second kappa shape index (κ2) is 5.83. The Morgan fingerprint density at radius 2 is 2.00 bits per heavy atom. The molecule has 1 rings (SSSR count). The SMILES string of the molecule is NC(=O)CCCNC(=O)c1cc(N)cc(F)c1. The summed E-state index contributed by atoms with van der Waals surface area (Å²) >= 11 is 0. The van der Waals surface area contributed by atoms with E-state index in [4.69, 9.17) is 11.5 Å². The molecule has 0 fully saturated rings. The Kier molecular flexibility index (Phi) is 4.45. The van der Waals surface area contributed by atoms with Gasteiger partial charge < -0.3 is 16.8 Å². The molecule has 0 radical (unpaired) electrons. The smallest absolute Gasteiger partial charge is 0.251 e. The van der Waals surface area contributed by atoms with Crippen molar-refractivity contribution in [1.29, 1.82) is 0 Å². The van der Waals surface area contributed by atoms with Crippen LogP contribution >= 0.6 is 0 Å². The lowest BCUT2D eigenvalue weighted by Crippen LogP contribution is -2.25. The lowest BCUT2D eigenvalue weighted by molar-refractivity contribution is -0.118. The molecule has 0 aliphatic rings. The molecule has 92 valence electrons. The molecule has 0 atom stereocenters. The van der Waals surface area contributed by atoms with Crippen molar-refractivity contribution in [2.75, 3.05) is 12.3 Å². The van der Waals surface area contributed by atoms with Gasteiger partial charge in [0.15, 0.2) is 0 Å². The summed E-state index contributed by atoms with van der Waals surface area (Å²) in [5.74, 6) is -1.41. The molecule has 0 spiro atoms. The molecule has 0 unspecified atom stereocenters. The second-order valence-electron chi connectivity index (χ2n) is 3.60. The van der Waals surface area contributed by atoms with Crippen LogP contribution in [0.2, 0.25) is 0 Å². The number of hydrogen-bond donors (Lipinski definition) is 3. The van der Waals surface area contributed by atoms with E-state index in [1.807, 2.05) is 0 Å². The molecular weight excluding hydrogens is 225 g/mol. The minimum Gasteiger partial charge on any atom is -0.399 e. The Bertz CT molecular complexity index is 414. The summed E-state index contributed by atoms with van der Waals surface area (Å²) in [5, 5.41) is 2.54. The van der Waals surface area contributed by atoms with Crippen LogP contribution in [0.25, 0.3) is 0 Å². The number of primary amides is 1. The van der Waals surface area contributed by atoms with Crippen LogP contribution in [-0.2, 0) is 4.79 Å². The molecule has 17 heavy (non-hydrogen) atoms. The molecule has 0 bridgehead atoms. The normalized spacial score (nSPS) is 9.94. The first-order chi connectivity index (χ1) is 7.99. The van der Waals surface area contributed by atoms with Gasteiger partial charge in [-0.1, -0.05) is 0 Å². The van der Waals surface area contributed by atoms with Crippen LogP contribution < -0.4 is 16.8 Å². The van der Waals surface area contributed by atoms with Crippen molar-refractivity contribution in [3.63, 3.8) is 0 Å². The maximum Gasteiger partial charge on any atom is 0.251 e. The van der Waals surface area contributed by atoms with Gasteiger partial charge in [-0.05, 0) is 24.6 Å². The molecular formula is C11H14FN3O2. The van der Waals surface area contributed by atoms with Crippen LogP contribution in [0.4, 0.5) is 10.1 Å². The van der Waals surface area contributed by atoms with E-state index in [2.05, 4.69) is 5.32 Å². The summed E-state index contributed by atoms with van der Waals surface area (Å²) in [7, 11) is 0.